The summed E-state index contributed by atoms with van der Waals surface area (Å²) in [5.74, 6) is -0.219. The van der Waals surface area contributed by atoms with E-state index in [-0.39, 0.29) is 23.3 Å². The molecule has 8 heteroatoms. The van der Waals surface area contributed by atoms with Crippen LogP contribution in [0.15, 0.2) is 24.5 Å². The predicted octanol–water partition coefficient (Wildman–Crippen LogP) is 2.85. The van der Waals surface area contributed by atoms with Crippen molar-refractivity contribution in [2.45, 2.75) is 38.3 Å². The summed E-state index contributed by atoms with van der Waals surface area (Å²) >= 11 is 0. The van der Waals surface area contributed by atoms with Crippen LogP contribution in [0, 0.1) is 0 Å². The predicted molar refractivity (Wildman–Crippen MR) is 80.7 cm³/mol. The number of hydrogen-bond donors (Lipinski definition) is 2. The zero-order chi connectivity index (χ0) is 16.4. The third-order valence-corrected chi connectivity index (χ3v) is 3.86. The van der Waals surface area contributed by atoms with Crippen molar-refractivity contribution in [2.75, 3.05) is 5.32 Å². The van der Waals surface area contributed by atoms with Crippen LogP contribution in [0.2, 0.25) is 0 Å². The van der Waals surface area contributed by atoms with Crippen molar-refractivity contribution in [1.29, 1.82) is 0 Å². The van der Waals surface area contributed by atoms with E-state index in [1.54, 1.807) is 12.1 Å². The summed E-state index contributed by atoms with van der Waals surface area (Å²) in [6.07, 6.45) is 5.25. The second-order valence-electron chi connectivity index (χ2n) is 5.50. The smallest absolute Gasteiger partial charge is 0.323 e. The number of hydrogen-bond acceptors (Lipinski definition) is 4. The summed E-state index contributed by atoms with van der Waals surface area (Å²) in [4.78, 5) is 16.2. The van der Waals surface area contributed by atoms with Crippen LogP contribution in [-0.2, 0) is 4.79 Å². The number of anilines is 1. The number of alkyl halides is 2. The Morgan fingerprint density at radius 2 is 2.22 bits per heavy atom. The second kappa shape index (κ2) is 6.41. The molecule has 1 atom stereocenters. The van der Waals surface area contributed by atoms with E-state index in [9.17, 15) is 13.6 Å². The van der Waals surface area contributed by atoms with Gasteiger partial charge in [-0.3, -0.25) is 9.78 Å². The lowest BCUT2D eigenvalue weighted by molar-refractivity contribution is -0.116. The van der Waals surface area contributed by atoms with Crippen LogP contribution in [0.25, 0.3) is 11.3 Å². The monoisotopic (exact) mass is 321 g/mol. The minimum atomic E-state index is -2.81. The molecule has 2 aromatic rings. The van der Waals surface area contributed by atoms with Crippen molar-refractivity contribution in [1.82, 2.24) is 14.8 Å². The summed E-state index contributed by atoms with van der Waals surface area (Å²) in [6.45, 7) is -2.81. The van der Waals surface area contributed by atoms with Gasteiger partial charge < -0.3 is 11.1 Å². The van der Waals surface area contributed by atoms with Gasteiger partial charge in [-0.1, -0.05) is 6.42 Å². The lowest BCUT2D eigenvalue weighted by atomic mass is 10.0. The van der Waals surface area contributed by atoms with Crippen LogP contribution in [0.1, 0.15) is 44.0 Å². The minimum absolute atomic E-state index is 0.157. The molecule has 0 aliphatic carbocycles. The first-order chi connectivity index (χ1) is 11.1. The van der Waals surface area contributed by atoms with E-state index in [4.69, 9.17) is 5.73 Å². The molecule has 122 valence electrons. The molecule has 0 saturated heterocycles. The molecule has 3 N–H and O–H groups in total. The lowest BCUT2D eigenvalue weighted by Gasteiger charge is -2.15. The highest BCUT2D eigenvalue weighted by atomic mass is 19.3. The number of halogens is 2. The molecule has 0 aromatic carbocycles. The number of carbonyl (C=O) groups is 1. The zero-order valence-corrected chi connectivity index (χ0v) is 12.4. The van der Waals surface area contributed by atoms with Crippen LogP contribution < -0.4 is 11.1 Å². The third-order valence-electron chi connectivity index (χ3n) is 3.86. The normalized spacial score (nSPS) is 18.8. The number of pyridine rings is 1. The average molecular weight is 321 g/mol. The van der Waals surface area contributed by atoms with Crippen molar-refractivity contribution in [3.8, 4) is 11.3 Å². The van der Waals surface area contributed by atoms with Crippen LogP contribution in [0.3, 0.4) is 0 Å². The Morgan fingerprint density at radius 3 is 3.00 bits per heavy atom. The Morgan fingerprint density at radius 1 is 1.39 bits per heavy atom. The number of nitrogens with one attached hydrogen (secondary N) is 1. The first kappa shape index (κ1) is 15.5. The van der Waals surface area contributed by atoms with Crippen LogP contribution in [0.5, 0.6) is 0 Å². The number of nitrogens with zero attached hydrogens (tertiary/aromatic N) is 3. The first-order valence-corrected chi connectivity index (χ1v) is 7.43. The van der Waals surface area contributed by atoms with Gasteiger partial charge in [0.05, 0.1) is 23.3 Å². The van der Waals surface area contributed by atoms with Gasteiger partial charge in [-0.15, -0.1) is 0 Å². The first-order valence-electron chi connectivity index (χ1n) is 7.43. The summed E-state index contributed by atoms with van der Waals surface area (Å²) in [7, 11) is 0. The zero-order valence-electron chi connectivity index (χ0n) is 12.4. The molecule has 23 heavy (non-hydrogen) atoms. The average Bonchev–Trinajstić information content (AvgIpc) is 2.94. The Bertz CT molecular complexity index is 716. The number of amides is 1. The maximum atomic E-state index is 13.2. The summed E-state index contributed by atoms with van der Waals surface area (Å²) in [5.41, 5.74) is 7.68. The molecule has 1 unspecified atom stereocenters. The van der Waals surface area contributed by atoms with Crippen LogP contribution in [-0.4, -0.2) is 20.7 Å². The fourth-order valence-corrected chi connectivity index (χ4v) is 2.70. The highest BCUT2D eigenvalue weighted by molar-refractivity contribution is 5.94. The van der Waals surface area contributed by atoms with Gasteiger partial charge in [0.15, 0.2) is 0 Å². The molecule has 0 fully saturated rings. The molecule has 1 aliphatic rings. The molecule has 3 rings (SSSR count). The SMILES string of the molecule is NC1CCCCC(=O)Nc2cnn(C(F)F)c2-c2ccnc1c2. The number of fused-ring (bicyclic) bond motifs is 4. The van der Waals surface area contributed by atoms with Crippen LogP contribution in [0.4, 0.5) is 14.5 Å². The molecule has 2 aromatic heterocycles. The second-order valence-corrected chi connectivity index (χ2v) is 5.50. The molecule has 0 radical (unpaired) electrons. The third kappa shape index (κ3) is 3.21. The summed E-state index contributed by atoms with van der Waals surface area (Å²) in [5, 5.41) is 6.36. The van der Waals surface area contributed by atoms with Gasteiger partial charge in [0, 0.05) is 24.2 Å². The van der Waals surface area contributed by atoms with E-state index in [1.807, 2.05) is 0 Å². The molecule has 1 aliphatic heterocycles. The number of carbonyl (C=O) groups excluding carboxylic acids is 1. The molecule has 6 nitrogen and oxygen atoms in total. The number of aromatic nitrogens is 3. The van der Waals surface area contributed by atoms with Gasteiger partial charge in [-0.25, -0.2) is 4.68 Å². The molecule has 0 saturated carbocycles. The van der Waals surface area contributed by atoms with E-state index in [2.05, 4.69) is 15.4 Å². The topological polar surface area (TPSA) is 85.8 Å². The van der Waals surface area contributed by atoms with E-state index in [0.29, 0.717) is 35.2 Å². The molecular weight excluding hydrogens is 304 g/mol. The van der Waals surface area contributed by atoms with Gasteiger partial charge in [0.1, 0.15) is 0 Å². The van der Waals surface area contributed by atoms with Gasteiger partial charge >= 0.3 is 6.55 Å². The molecule has 2 bridgehead atoms. The summed E-state index contributed by atoms with van der Waals surface area (Å²) < 4.78 is 27.0. The lowest BCUT2D eigenvalue weighted by Crippen LogP contribution is -2.15. The number of rotatable bonds is 1. The van der Waals surface area contributed by atoms with E-state index in [1.165, 1.54) is 12.4 Å². The fourth-order valence-electron chi connectivity index (χ4n) is 2.70. The standard InChI is InChI=1S/C15H17F2N5O/c16-15(17)22-14-9-5-6-19-11(7-9)10(18)3-1-2-4-13(23)21-12(14)8-20-22/h5-8,10,15H,1-4,18H2,(H,21,23). The van der Waals surface area contributed by atoms with Gasteiger partial charge in [0.2, 0.25) is 5.91 Å². The highest BCUT2D eigenvalue weighted by Crippen LogP contribution is 2.33. The van der Waals surface area contributed by atoms with Crippen molar-refractivity contribution in [2.24, 2.45) is 5.73 Å². The van der Waals surface area contributed by atoms with Crippen molar-refractivity contribution >= 4 is 11.6 Å². The minimum Gasteiger partial charge on any atom is -0.323 e. The maximum absolute atomic E-state index is 13.2. The maximum Gasteiger partial charge on any atom is 0.333 e. The fraction of sp³-hybridized carbons (Fsp3) is 0.400. The Balaban J connectivity index is 2.14. The van der Waals surface area contributed by atoms with Gasteiger partial charge in [0.25, 0.3) is 0 Å². The van der Waals surface area contributed by atoms with Crippen molar-refractivity contribution in [3.05, 3.63) is 30.2 Å². The summed E-state index contributed by atoms with van der Waals surface area (Å²) in [6, 6.07) is 2.99. The molecular formula is C15H17F2N5O. The molecule has 1 amide bonds. The molecule has 3 heterocycles. The van der Waals surface area contributed by atoms with Gasteiger partial charge in [-0.05, 0) is 25.0 Å². The Kier molecular flexibility index (Phi) is 4.33. The quantitative estimate of drug-likeness (QED) is 0.845. The van der Waals surface area contributed by atoms with Gasteiger partial charge in [-0.2, -0.15) is 13.9 Å². The van der Waals surface area contributed by atoms with Crippen molar-refractivity contribution in [3.63, 3.8) is 0 Å². The van der Waals surface area contributed by atoms with E-state index in [0.717, 1.165) is 6.42 Å². The van der Waals surface area contributed by atoms with E-state index >= 15 is 0 Å². The Hall–Kier alpha value is -2.35. The van der Waals surface area contributed by atoms with E-state index < -0.39 is 6.55 Å². The van der Waals surface area contributed by atoms with Crippen molar-refractivity contribution < 1.29 is 13.6 Å². The molecule has 0 spiro atoms. The largest absolute Gasteiger partial charge is 0.333 e. The highest BCUT2D eigenvalue weighted by Gasteiger charge is 2.22. The number of nitrogens with two attached hydrogens (primary N) is 1. The Labute approximate surface area is 131 Å². The van der Waals surface area contributed by atoms with Crippen LogP contribution >= 0.6 is 0 Å².